The van der Waals surface area contributed by atoms with Crippen molar-refractivity contribution in [2.24, 2.45) is 0 Å². The Labute approximate surface area is 112 Å². The molecule has 19 heavy (non-hydrogen) atoms. The molecule has 1 aromatic heterocycles. The maximum absolute atomic E-state index is 11.9. The zero-order valence-corrected chi connectivity index (χ0v) is 11.3. The van der Waals surface area contributed by atoms with Crippen LogP contribution in [0.1, 0.15) is 49.5 Å². The van der Waals surface area contributed by atoms with Crippen molar-refractivity contribution in [3.05, 3.63) is 17.7 Å². The molecule has 2 fully saturated rings. The van der Waals surface area contributed by atoms with Gasteiger partial charge in [0.2, 0.25) is 0 Å². The van der Waals surface area contributed by atoms with E-state index in [-0.39, 0.29) is 5.97 Å². The summed E-state index contributed by atoms with van der Waals surface area (Å²) in [5.41, 5.74) is 0.451. The maximum atomic E-state index is 11.9. The molecule has 1 aliphatic carbocycles. The maximum Gasteiger partial charge on any atom is 0.324 e. The summed E-state index contributed by atoms with van der Waals surface area (Å²) in [7, 11) is 1.41. The van der Waals surface area contributed by atoms with Gasteiger partial charge in [-0.25, -0.2) is 4.98 Å². The number of nitrogens with one attached hydrogen (secondary N) is 1. The van der Waals surface area contributed by atoms with E-state index in [1.807, 2.05) is 6.20 Å². The standard InChI is InChI=1S/C14H20N2O3/c1-18-13(17)14(8-19-9-14)12-15-7-11(16-12)10-5-3-2-4-6-10/h7,10H,2-6,8-9H2,1H3,(H,15,16). The van der Waals surface area contributed by atoms with Crippen LogP contribution in [-0.2, 0) is 19.7 Å². The Balaban J connectivity index is 1.82. The van der Waals surface area contributed by atoms with Crippen LogP contribution in [0, 0.1) is 0 Å². The second kappa shape index (κ2) is 4.96. The zero-order chi connectivity index (χ0) is 13.3. The molecule has 1 N–H and O–H groups in total. The summed E-state index contributed by atoms with van der Waals surface area (Å²) in [6.07, 6.45) is 8.20. The minimum absolute atomic E-state index is 0.261. The van der Waals surface area contributed by atoms with E-state index in [2.05, 4.69) is 9.97 Å². The van der Waals surface area contributed by atoms with Crippen molar-refractivity contribution in [1.82, 2.24) is 9.97 Å². The first kappa shape index (κ1) is 12.7. The van der Waals surface area contributed by atoms with Crippen LogP contribution in [0.5, 0.6) is 0 Å². The number of imidazole rings is 1. The lowest BCUT2D eigenvalue weighted by Gasteiger charge is -2.36. The molecule has 0 bridgehead atoms. The second-order valence-corrected chi connectivity index (χ2v) is 5.59. The van der Waals surface area contributed by atoms with Crippen LogP contribution in [0.4, 0.5) is 0 Å². The van der Waals surface area contributed by atoms with Gasteiger partial charge in [0, 0.05) is 17.8 Å². The fraction of sp³-hybridized carbons (Fsp3) is 0.714. The van der Waals surface area contributed by atoms with Crippen molar-refractivity contribution in [2.75, 3.05) is 20.3 Å². The van der Waals surface area contributed by atoms with E-state index in [4.69, 9.17) is 9.47 Å². The van der Waals surface area contributed by atoms with Crippen LogP contribution in [0.2, 0.25) is 0 Å². The number of nitrogens with zero attached hydrogens (tertiary/aromatic N) is 1. The van der Waals surface area contributed by atoms with Gasteiger partial charge >= 0.3 is 5.97 Å². The molecule has 0 aromatic carbocycles. The third-order valence-corrected chi connectivity index (χ3v) is 4.37. The largest absolute Gasteiger partial charge is 0.468 e. The lowest BCUT2D eigenvalue weighted by atomic mass is 9.85. The average molecular weight is 264 g/mol. The van der Waals surface area contributed by atoms with Crippen LogP contribution in [-0.4, -0.2) is 36.3 Å². The van der Waals surface area contributed by atoms with Crippen molar-refractivity contribution in [2.45, 2.75) is 43.4 Å². The molecule has 104 valence electrons. The van der Waals surface area contributed by atoms with E-state index in [0.717, 1.165) is 5.69 Å². The molecule has 1 aliphatic heterocycles. The van der Waals surface area contributed by atoms with Gasteiger partial charge in [-0.15, -0.1) is 0 Å². The highest BCUT2D eigenvalue weighted by Gasteiger charge is 2.51. The number of hydrogen-bond donors (Lipinski definition) is 1. The molecule has 5 heteroatoms. The van der Waals surface area contributed by atoms with Crippen molar-refractivity contribution in [3.63, 3.8) is 0 Å². The number of carbonyl (C=O) groups excluding carboxylic acids is 1. The minimum Gasteiger partial charge on any atom is -0.468 e. The monoisotopic (exact) mass is 264 g/mol. The molecule has 1 saturated heterocycles. The van der Waals surface area contributed by atoms with Crippen LogP contribution in [0.25, 0.3) is 0 Å². The van der Waals surface area contributed by atoms with Crippen molar-refractivity contribution in [3.8, 4) is 0 Å². The van der Waals surface area contributed by atoms with E-state index in [1.54, 1.807) is 0 Å². The number of H-pyrrole nitrogens is 1. The van der Waals surface area contributed by atoms with Crippen LogP contribution in [0.3, 0.4) is 0 Å². The molecule has 2 aliphatic rings. The first-order valence-corrected chi connectivity index (χ1v) is 6.98. The Kier molecular flexibility index (Phi) is 3.31. The summed E-state index contributed by atoms with van der Waals surface area (Å²) < 4.78 is 10.1. The number of carbonyl (C=O) groups is 1. The lowest BCUT2D eigenvalue weighted by Crippen LogP contribution is -2.54. The summed E-state index contributed by atoms with van der Waals surface area (Å²) in [6.45, 7) is 0.717. The van der Waals surface area contributed by atoms with Gasteiger partial charge in [-0.2, -0.15) is 0 Å². The van der Waals surface area contributed by atoms with Crippen molar-refractivity contribution >= 4 is 5.97 Å². The first-order valence-electron chi connectivity index (χ1n) is 6.98. The van der Waals surface area contributed by atoms with Gasteiger partial charge in [-0.05, 0) is 12.8 Å². The number of methoxy groups -OCH3 is 1. The third kappa shape index (κ3) is 2.06. The van der Waals surface area contributed by atoms with Gasteiger partial charge in [0.05, 0.1) is 20.3 Å². The molecule has 0 radical (unpaired) electrons. The molecule has 0 amide bonds. The number of ether oxygens (including phenoxy) is 2. The molecular weight excluding hydrogens is 244 g/mol. The Morgan fingerprint density at radius 1 is 1.42 bits per heavy atom. The first-order chi connectivity index (χ1) is 9.26. The predicted octanol–water partition coefficient (Wildman–Crippen LogP) is 1.90. The number of esters is 1. The van der Waals surface area contributed by atoms with Crippen LogP contribution >= 0.6 is 0 Å². The van der Waals surface area contributed by atoms with E-state index in [1.165, 1.54) is 39.2 Å². The summed E-state index contributed by atoms with van der Waals surface area (Å²) in [5, 5.41) is 0. The van der Waals surface area contributed by atoms with Gasteiger partial charge in [-0.1, -0.05) is 19.3 Å². The molecule has 0 unspecified atom stereocenters. The molecule has 3 rings (SSSR count). The Morgan fingerprint density at radius 3 is 2.74 bits per heavy atom. The summed E-state index contributed by atoms with van der Waals surface area (Å²) in [6, 6.07) is 0. The molecule has 2 heterocycles. The fourth-order valence-corrected chi connectivity index (χ4v) is 3.05. The highest BCUT2D eigenvalue weighted by molar-refractivity contribution is 5.83. The summed E-state index contributed by atoms with van der Waals surface area (Å²) in [5.74, 6) is 1.00. The quantitative estimate of drug-likeness (QED) is 0.847. The second-order valence-electron chi connectivity index (χ2n) is 5.59. The summed E-state index contributed by atoms with van der Waals surface area (Å²) in [4.78, 5) is 19.7. The predicted molar refractivity (Wildman–Crippen MR) is 68.9 cm³/mol. The lowest BCUT2D eigenvalue weighted by molar-refractivity contribution is -0.167. The molecular formula is C14H20N2O3. The normalized spacial score (nSPS) is 22.8. The fourth-order valence-electron chi connectivity index (χ4n) is 3.05. The van der Waals surface area contributed by atoms with Crippen LogP contribution in [0.15, 0.2) is 6.20 Å². The van der Waals surface area contributed by atoms with E-state index >= 15 is 0 Å². The third-order valence-electron chi connectivity index (χ3n) is 4.37. The molecule has 0 atom stereocenters. The number of rotatable bonds is 3. The molecule has 5 nitrogen and oxygen atoms in total. The highest BCUT2D eigenvalue weighted by atomic mass is 16.5. The minimum atomic E-state index is -0.707. The Hall–Kier alpha value is -1.36. The number of hydrogen-bond acceptors (Lipinski definition) is 4. The van der Waals surface area contributed by atoms with Crippen molar-refractivity contribution in [1.29, 1.82) is 0 Å². The Bertz CT molecular complexity index is 459. The highest BCUT2D eigenvalue weighted by Crippen LogP contribution is 2.35. The van der Waals surface area contributed by atoms with Gasteiger partial charge in [0.25, 0.3) is 0 Å². The number of aromatic nitrogens is 2. The van der Waals surface area contributed by atoms with Crippen LogP contribution < -0.4 is 0 Å². The summed E-state index contributed by atoms with van der Waals surface area (Å²) >= 11 is 0. The topological polar surface area (TPSA) is 64.2 Å². The zero-order valence-electron chi connectivity index (χ0n) is 11.3. The molecule has 1 aromatic rings. The van der Waals surface area contributed by atoms with Crippen molar-refractivity contribution < 1.29 is 14.3 Å². The van der Waals surface area contributed by atoms with Gasteiger partial charge in [0.1, 0.15) is 5.82 Å². The van der Waals surface area contributed by atoms with Gasteiger partial charge in [0.15, 0.2) is 5.41 Å². The smallest absolute Gasteiger partial charge is 0.324 e. The molecule has 1 saturated carbocycles. The van der Waals surface area contributed by atoms with Gasteiger partial charge in [-0.3, -0.25) is 4.79 Å². The average Bonchev–Trinajstić information content (AvgIpc) is 2.88. The number of aromatic amines is 1. The SMILES string of the molecule is COC(=O)C1(c2ncc(C3CCCCC3)[nH]2)COC1. The molecule has 0 spiro atoms. The van der Waals surface area contributed by atoms with E-state index in [0.29, 0.717) is 25.0 Å². The van der Waals surface area contributed by atoms with E-state index in [9.17, 15) is 4.79 Å². The van der Waals surface area contributed by atoms with E-state index < -0.39 is 5.41 Å². The van der Waals surface area contributed by atoms with Gasteiger partial charge < -0.3 is 14.5 Å². The Morgan fingerprint density at radius 2 is 2.16 bits per heavy atom.